The van der Waals surface area contributed by atoms with Crippen LogP contribution in [-0.2, 0) is 16.4 Å². The van der Waals surface area contributed by atoms with E-state index >= 15 is 0 Å². The standard InChI is InChI=1S/C14H17BFNO4/c1-13(2)14(3,4)21-15(20-13)9-6-8(16)7-10-11(9)19-12(18)17(10)5/h6-7H,1-5H3. The van der Waals surface area contributed by atoms with Crippen LogP contribution in [0.4, 0.5) is 4.39 Å². The summed E-state index contributed by atoms with van der Waals surface area (Å²) in [6.45, 7) is 7.63. The zero-order valence-corrected chi connectivity index (χ0v) is 12.7. The van der Waals surface area contributed by atoms with Gasteiger partial charge in [0.1, 0.15) is 5.82 Å². The lowest BCUT2D eigenvalue weighted by Crippen LogP contribution is -2.41. The molecule has 1 fully saturated rings. The van der Waals surface area contributed by atoms with Crippen LogP contribution in [0.15, 0.2) is 21.3 Å². The molecule has 112 valence electrons. The van der Waals surface area contributed by atoms with Crippen molar-refractivity contribution in [2.75, 3.05) is 0 Å². The third-order valence-corrected chi connectivity index (χ3v) is 4.39. The number of benzene rings is 1. The summed E-state index contributed by atoms with van der Waals surface area (Å²) in [6, 6.07) is 2.54. The van der Waals surface area contributed by atoms with Gasteiger partial charge in [0.15, 0.2) is 5.58 Å². The molecule has 0 spiro atoms. The van der Waals surface area contributed by atoms with Crippen molar-refractivity contribution in [3.05, 3.63) is 28.5 Å². The summed E-state index contributed by atoms with van der Waals surface area (Å²) in [5, 5.41) is 0. The first kappa shape index (κ1) is 14.3. The quantitative estimate of drug-likeness (QED) is 0.749. The number of fused-ring (bicyclic) bond motifs is 1. The molecule has 0 unspecified atom stereocenters. The Morgan fingerprint density at radius 1 is 1.14 bits per heavy atom. The van der Waals surface area contributed by atoms with Crippen molar-refractivity contribution < 1.29 is 18.1 Å². The van der Waals surface area contributed by atoms with Gasteiger partial charge in [0, 0.05) is 18.6 Å². The summed E-state index contributed by atoms with van der Waals surface area (Å²) in [7, 11) is 0.750. The number of hydrogen-bond donors (Lipinski definition) is 0. The van der Waals surface area contributed by atoms with E-state index in [0.29, 0.717) is 16.6 Å². The molecule has 0 amide bonds. The summed E-state index contributed by atoms with van der Waals surface area (Å²) < 4.78 is 32.1. The predicted molar refractivity (Wildman–Crippen MR) is 77.1 cm³/mol. The molecule has 2 heterocycles. The van der Waals surface area contributed by atoms with Gasteiger partial charge in [-0.2, -0.15) is 0 Å². The van der Waals surface area contributed by atoms with E-state index in [1.165, 1.54) is 23.7 Å². The van der Waals surface area contributed by atoms with Crippen molar-refractivity contribution in [2.24, 2.45) is 7.05 Å². The van der Waals surface area contributed by atoms with E-state index in [1.54, 1.807) is 0 Å². The van der Waals surface area contributed by atoms with Gasteiger partial charge in [-0.1, -0.05) is 0 Å². The highest BCUT2D eigenvalue weighted by Gasteiger charge is 2.52. The van der Waals surface area contributed by atoms with Crippen LogP contribution in [0.3, 0.4) is 0 Å². The first-order chi connectivity index (χ1) is 9.62. The van der Waals surface area contributed by atoms with Crippen molar-refractivity contribution in [3.8, 4) is 0 Å². The summed E-state index contributed by atoms with van der Waals surface area (Å²) in [4.78, 5) is 11.7. The van der Waals surface area contributed by atoms with Crippen LogP contribution >= 0.6 is 0 Å². The summed E-state index contributed by atoms with van der Waals surface area (Å²) in [5.74, 6) is -1.02. The molecule has 1 aromatic heterocycles. The summed E-state index contributed by atoms with van der Waals surface area (Å²) in [6.07, 6.45) is 0. The first-order valence-electron chi connectivity index (χ1n) is 6.77. The maximum Gasteiger partial charge on any atom is 0.498 e. The second kappa shape index (κ2) is 4.21. The molecular formula is C14H17BFNO4. The largest absolute Gasteiger partial charge is 0.498 e. The van der Waals surface area contributed by atoms with Crippen LogP contribution in [0, 0.1) is 5.82 Å². The van der Waals surface area contributed by atoms with E-state index in [-0.39, 0.29) is 0 Å². The smallest absolute Gasteiger partial charge is 0.408 e. The van der Waals surface area contributed by atoms with Gasteiger partial charge in [0.25, 0.3) is 0 Å². The SMILES string of the molecule is Cn1c(=O)oc2c(B3OC(C)(C)C(C)(C)O3)cc(F)cc21. The third-order valence-electron chi connectivity index (χ3n) is 4.39. The Labute approximate surface area is 121 Å². The fourth-order valence-corrected chi connectivity index (χ4v) is 2.36. The Morgan fingerprint density at radius 3 is 2.29 bits per heavy atom. The second-order valence-corrected chi connectivity index (χ2v) is 6.36. The van der Waals surface area contributed by atoms with Crippen LogP contribution < -0.4 is 11.2 Å². The lowest BCUT2D eigenvalue weighted by Gasteiger charge is -2.32. The lowest BCUT2D eigenvalue weighted by atomic mass is 9.78. The fraction of sp³-hybridized carbons (Fsp3) is 0.500. The number of halogens is 1. The molecule has 0 radical (unpaired) electrons. The van der Waals surface area contributed by atoms with Gasteiger partial charge in [-0.15, -0.1) is 0 Å². The maximum atomic E-state index is 13.9. The molecule has 1 aliphatic rings. The molecule has 1 aromatic carbocycles. The van der Waals surface area contributed by atoms with E-state index in [0.717, 1.165) is 0 Å². The maximum absolute atomic E-state index is 13.9. The topological polar surface area (TPSA) is 53.6 Å². The monoisotopic (exact) mass is 293 g/mol. The van der Waals surface area contributed by atoms with Crippen LogP contribution in [0.2, 0.25) is 0 Å². The molecule has 0 atom stereocenters. The number of rotatable bonds is 1. The molecule has 5 nitrogen and oxygen atoms in total. The molecule has 2 aromatic rings. The Morgan fingerprint density at radius 2 is 1.71 bits per heavy atom. The minimum absolute atomic E-state index is 0.294. The number of nitrogens with zero attached hydrogens (tertiary/aromatic N) is 1. The van der Waals surface area contributed by atoms with E-state index in [9.17, 15) is 9.18 Å². The highest BCUT2D eigenvalue weighted by molar-refractivity contribution is 6.64. The van der Waals surface area contributed by atoms with Crippen LogP contribution in [-0.4, -0.2) is 22.9 Å². The predicted octanol–water partition coefficient (Wildman–Crippen LogP) is 1.57. The van der Waals surface area contributed by atoms with Crippen LogP contribution in [0.5, 0.6) is 0 Å². The molecule has 1 aliphatic heterocycles. The summed E-state index contributed by atoms with van der Waals surface area (Å²) >= 11 is 0. The molecule has 0 bridgehead atoms. The van der Waals surface area contributed by atoms with Crippen molar-refractivity contribution in [1.29, 1.82) is 0 Å². The Balaban J connectivity index is 2.18. The highest BCUT2D eigenvalue weighted by atomic mass is 19.1. The normalized spacial score (nSPS) is 20.4. The van der Waals surface area contributed by atoms with Gasteiger partial charge in [0.2, 0.25) is 0 Å². The van der Waals surface area contributed by atoms with E-state index in [2.05, 4.69) is 0 Å². The third kappa shape index (κ3) is 2.03. The van der Waals surface area contributed by atoms with Crippen molar-refractivity contribution >= 4 is 23.7 Å². The van der Waals surface area contributed by atoms with E-state index in [4.69, 9.17) is 13.7 Å². The Kier molecular flexibility index (Phi) is 2.87. The van der Waals surface area contributed by atoms with Crippen LogP contribution in [0.1, 0.15) is 27.7 Å². The van der Waals surface area contributed by atoms with Gasteiger partial charge >= 0.3 is 12.9 Å². The second-order valence-electron chi connectivity index (χ2n) is 6.36. The lowest BCUT2D eigenvalue weighted by molar-refractivity contribution is 0.00578. The molecule has 0 aliphatic carbocycles. The van der Waals surface area contributed by atoms with E-state index < -0.39 is 29.9 Å². The number of hydrogen-bond acceptors (Lipinski definition) is 4. The zero-order chi connectivity index (χ0) is 15.6. The number of aromatic nitrogens is 1. The van der Waals surface area contributed by atoms with Gasteiger partial charge in [-0.05, 0) is 33.8 Å². The summed E-state index contributed by atoms with van der Waals surface area (Å²) in [5.41, 5.74) is -0.0370. The number of oxazole rings is 1. The van der Waals surface area contributed by atoms with E-state index in [1.807, 2.05) is 27.7 Å². The van der Waals surface area contributed by atoms with Crippen LogP contribution in [0.25, 0.3) is 11.1 Å². The number of aryl methyl sites for hydroxylation is 1. The molecule has 7 heteroatoms. The average molecular weight is 293 g/mol. The molecule has 1 saturated heterocycles. The Hall–Kier alpha value is -1.60. The molecule has 21 heavy (non-hydrogen) atoms. The van der Waals surface area contributed by atoms with Gasteiger partial charge in [-0.25, -0.2) is 9.18 Å². The molecule has 0 N–H and O–H groups in total. The minimum Gasteiger partial charge on any atom is -0.408 e. The highest BCUT2D eigenvalue weighted by Crippen LogP contribution is 2.37. The van der Waals surface area contributed by atoms with Gasteiger partial charge in [-0.3, -0.25) is 4.57 Å². The van der Waals surface area contributed by atoms with Gasteiger partial charge < -0.3 is 13.7 Å². The van der Waals surface area contributed by atoms with Crippen molar-refractivity contribution in [1.82, 2.24) is 4.57 Å². The average Bonchev–Trinajstić information content (AvgIpc) is 2.75. The molecule has 3 rings (SSSR count). The Bertz CT molecular complexity index is 761. The molecular weight excluding hydrogens is 276 g/mol. The minimum atomic E-state index is -0.779. The van der Waals surface area contributed by atoms with Crippen molar-refractivity contribution in [3.63, 3.8) is 0 Å². The van der Waals surface area contributed by atoms with Crippen molar-refractivity contribution in [2.45, 2.75) is 38.9 Å². The fourth-order valence-electron chi connectivity index (χ4n) is 2.36. The molecule has 0 saturated carbocycles. The van der Waals surface area contributed by atoms with Gasteiger partial charge in [0.05, 0.1) is 16.7 Å². The zero-order valence-electron chi connectivity index (χ0n) is 12.7. The first-order valence-corrected chi connectivity index (χ1v) is 6.77.